The number of primary sulfonamides is 1. The fraction of sp³-hybridized carbons (Fsp3) is 1.00. The average molecular weight is 345 g/mol. The van der Waals surface area contributed by atoms with Crippen molar-refractivity contribution in [3.63, 3.8) is 0 Å². The summed E-state index contributed by atoms with van der Waals surface area (Å²) in [5, 5.41) is 4.78. The third-order valence-corrected chi connectivity index (χ3v) is 3.58. The summed E-state index contributed by atoms with van der Waals surface area (Å²) in [6.07, 6.45) is -15.2. The van der Waals surface area contributed by atoms with Gasteiger partial charge in [-0.2, -0.15) is 26.3 Å². The van der Waals surface area contributed by atoms with Gasteiger partial charge in [0.1, 0.15) is 0 Å². The predicted octanol–water partition coefficient (Wildman–Crippen LogP) is 2.45. The van der Waals surface area contributed by atoms with Crippen LogP contribution in [0.2, 0.25) is 0 Å². The first-order valence-corrected chi connectivity index (χ1v) is 7.41. The van der Waals surface area contributed by atoms with Crippen LogP contribution >= 0.6 is 0 Å². The van der Waals surface area contributed by atoms with Crippen molar-refractivity contribution in [2.24, 2.45) is 16.5 Å². The van der Waals surface area contributed by atoms with E-state index in [9.17, 15) is 34.8 Å². The maximum absolute atomic E-state index is 12.3. The molecule has 0 saturated carbocycles. The standard InChI is InChI=1S/C10H17F6NO3S/c1-8(2,3)6(5-21(17,18)19)4-20-7(9(11,12)13)10(14,15)16/h6-7H,4-5H2,1-3H3,(H2,17,18,19). The van der Waals surface area contributed by atoms with Crippen LogP contribution in [0.3, 0.4) is 0 Å². The van der Waals surface area contributed by atoms with Crippen molar-refractivity contribution in [1.29, 1.82) is 0 Å². The molecule has 0 aromatic carbocycles. The van der Waals surface area contributed by atoms with Gasteiger partial charge in [-0.05, 0) is 5.41 Å². The Morgan fingerprint density at radius 1 is 1.00 bits per heavy atom. The molecule has 0 aliphatic rings. The van der Waals surface area contributed by atoms with Crippen LogP contribution in [0.25, 0.3) is 0 Å². The van der Waals surface area contributed by atoms with Gasteiger partial charge in [0.05, 0.1) is 12.4 Å². The number of hydrogen-bond acceptors (Lipinski definition) is 3. The predicted molar refractivity (Wildman–Crippen MR) is 62.8 cm³/mol. The Morgan fingerprint density at radius 3 is 1.62 bits per heavy atom. The molecule has 0 aliphatic carbocycles. The molecule has 1 unspecified atom stereocenters. The summed E-state index contributed by atoms with van der Waals surface area (Å²) in [5.74, 6) is -1.90. The maximum Gasteiger partial charge on any atom is 0.423 e. The van der Waals surface area contributed by atoms with Crippen LogP contribution in [-0.2, 0) is 14.8 Å². The topological polar surface area (TPSA) is 69.4 Å². The average Bonchev–Trinajstić information content (AvgIpc) is 2.07. The second-order valence-corrected chi connectivity index (χ2v) is 7.35. The van der Waals surface area contributed by atoms with Crippen LogP contribution in [0.15, 0.2) is 0 Å². The van der Waals surface area contributed by atoms with Crippen LogP contribution < -0.4 is 5.14 Å². The Bertz CT molecular complexity index is 423. The van der Waals surface area contributed by atoms with Crippen molar-refractivity contribution in [1.82, 2.24) is 0 Å². The highest BCUT2D eigenvalue weighted by Crippen LogP contribution is 2.37. The number of alkyl halides is 6. The third-order valence-electron chi connectivity index (χ3n) is 2.72. The molecule has 2 N–H and O–H groups in total. The van der Waals surface area contributed by atoms with E-state index in [1.807, 2.05) is 0 Å². The Labute approximate surface area is 118 Å². The van der Waals surface area contributed by atoms with Crippen molar-refractivity contribution < 1.29 is 39.5 Å². The molecule has 21 heavy (non-hydrogen) atoms. The maximum atomic E-state index is 12.3. The third kappa shape index (κ3) is 7.86. The van der Waals surface area contributed by atoms with E-state index in [0.29, 0.717) is 0 Å². The highest BCUT2D eigenvalue weighted by molar-refractivity contribution is 7.89. The van der Waals surface area contributed by atoms with Gasteiger partial charge in [-0.25, -0.2) is 13.6 Å². The molecule has 0 fully saturated rings. The molecule has 0 rings (SSSR count). The monoisotopic (exact) mass is 345 g/mol. The molecular formula is C10H17F6NO3S. The second-order valence-electron chi connectivity index (χ2n) is 5.69. The summed E-state index contributed by atoms with van der Waals surface area (Å²) in [4.78, 5) is 0. The van der Waals surface area contributed by atoms with Crippen LogP contribution in [0.1, 0.15) is 20.8 Å². The largest absolute Gasteiger partial charge is 0.423 e. The SMILES string of the molecule is CC(C)(C)C(COC(C(F)(F)F)C(F)(F)F)CS(N)(=O)=O. The summed E-state index contributed by atoms with van der Waals surface area (Å²) < 4.78 is 99.8. The molecule has 0 bridgehead atoms. The van der Waals surface area contributed by atoms with E-state index in [0.717, 1.165) is 0 Å². The fourth-order valence-corrected chi connectivity index (χ4v) is 2.57. The zero-order valence-corrected chi connectivity index (χ0v) is 12.4. The van der Waals surface area contributed by atoms with Crippen molar-refractivity contribution in [2.75, 3.05) is 12.4 Å². The summed E-state index contributed by atoms with van der Waals surface area (Å²) >= 11 is 0. The first-order chi connectivity index (χ1) is 8.94. The molecule has 0 aromatic rings. The van der Waals surface area contributed by atoms with Crippen molar-refractivity contribution in [2.45, 2.75) is 39.2 Å². The highest BCUT2D eigenvalue weighted by Gasteiger charge is 2.58. The van der Waals surface area contributed by atoms with Gasteiger partial charge in [0.2, 0.25) is 16.1 Å². The van der Waals surface area contributed by atoms with E-state index in [-0.39, 0.29) is 0 Å². The second kappa shape index (κ2) is 6.29. The van der Waals surface area contributed by atoms with Gasteiger partial charge in [-0.15, -0.1) is 0 Å². The fourth-order valence-electron chi connectivity index (χ4n) is 1.42. The lowest BCUT2D eigenvalue weighted by molar-refractivity contribution is -0.324. The lowest BCUT2D eigenvalue weighted by Crippen LogP contribution is -2.46. The van der Waals surface area contributed by atoms with Gasteiger partial charge in [0.25, 0.3) is 0 Å². The molecular weight excluding hydrogens is 328 g/mol. The number of ether oxygens (including phenoxy) is 1. The van der Waals surface area contributed by atoms with E-state index in [1.165, 1.54) is 20.8 Å². The number of sulfonamides is 1. The normalized spacial score (nSPS) is 16.3. The Hall–Kier alpha value is -0.550. The zero-order valence-electron chi connectivity index (χ0n) is 11.5. The Kier molecular flexibility index (Phi) is 6.12. The summed E-state index contributed by atoms with van der Waals surface area (Å²) in [7, 11) is -4.07. The van der Waals surface area contributed by atoms with Gasteiger partial charge in [0.15, 0.2) is 0 Å². The van der Waals surface area contributed by atoms with Crippen molar-refractivity contribution >= 4 is 10.0 Å². The van der Waals surface area contributed by atoms with Gasteiger partial charge < -0.3 is 4.74 Å². The minimum atomic E-state index is -5.64. The van der Waals surface area contributed by atoms with Crippen LogP contribution in [0.4, 0.5) is 26.3 Å². The molecule has 0 radical (unpaired) electrons. The molecule has 0 saturated heterocycles. The van der Waals surface area contributed by atoms with E-state index in [1.54, 1.807) is 0 Å². The first kappa shape index (κ1) is 20.5. The van der Waals surface area contributed by atoms with E-state index in [2.05, 4.69) is 4.74 Å². The molecule has 0 heterocycles. The molecule has 1 atom stereocenters. The molecule has 0 aromatic heterocycles. The zero-order chi connectivity index (χ0) is 17.3. The van der Waals surface area contributed by atoms with Gasteiger partial charge in [0, 0.05) is 5.92 Å². The number of nitrogens with two attached hydrogens (primary N) is 1. The van der Waals surface area contributed by atoms with Gasteiger partial charge in [-0.3, -0.25) is 0 Å². The van der Waals surface area contributed by atoms with E-state index in [4.69, 9.17) is 5.14 Å². The van der Waals surface area contributed by atoms with Crippen molar-refractivity contribution in [3.8, 4) is 0 Å². The highest BCUT2D eigenvalue weighted by atomic mass is 32.2. The Morgan fingerprint density at radius 2 is 1.38 bits per heavy atom. The lowest BCUT2D eigenvalue weighted by atomic mass is 9.82. The smallest absolute Gasteiger partial charge is 0.361 e. The molecule has 0 amide bonds. The Balaban J connectivity index is 5.12. The number of halogens is 6. The van der Waals surface area contributed by atoms with Gasteiger partial charge >= 0.3 is 12.4 Å². The summed E-state index contributed by atoms with van der Waals surface area (Å²) in [6.45, 7) is 3.34. The number of hydrogen-bond donors (Lipinski definition) is 1. The molecule has 0 aliphatic heterocycles. The lowest BCUT2D eigenvalue weighted by Gasteiger charge is -2.32. The summed E-state index contributed by atoms with van der Waals surface area (Å²) in [6, 6.07) is 0. The van der Waals surface area contributed by atoms with Crippen LogP contribution in [0.5, 0.6) is 0 Å². The molecule has 11 heteroatoms. The minimum Gasteiger partial charge on any atom is -0.361 e. The number of rotatable bonds is 5. The van der Waals surface area contributed by atoms with E-state index < -0.39 is 52.2 Å². The van der Waals surface area contributed by atoms with E-state index >= 15 is 0 Å². The minimum absolute atomic E-state index is 0.779. The van der Waals surface area contributed by atoms with Crippen molar-refractivity contribution in [3.05, 3.63) is 0 Å². The van der Waals surface area contributed by atoms with Crippen LogP contribution in [-0.4, -0.2) is 39.2 Å². The molecule has 128 valence electrons. The molecule has 4 nitrogen and oxygen atoms in total. The van der Waals surface area contributed by atoms with Crippen LogP contribution in [0, 0.1) is 11.3 Å². The molecule has 0 spiro atoms. The first-order valence-electron chi connectivity index (χ1n) is 5.70. The van der Waals surface area contributed by atoms with Gasteiger partial charge in [-0.1, -0.05) is 20.8 Å². The summed E-state index contributed by atoms with van der Waals surface area (Å²) in [5.41, 5.74) is -0.909. The quantitative estimate of drug-likeness (QED) is 0.778.